The minimum atomic E-state index is -0.343. The van der Waals surface area contributed by atoms with E-state index in [1.807, 2.05) is 20.8 Å². The molecule has 0 heterocycles. The summed E-state index contributed by atoms with van der Waals surface area (Å²) in [6.45, 7) is 14.8. The zero-order valence-corrected chi connectivity index (χ0v) is 21.9. The smallest absolute Gasteiger partial charge is 0.299 e. The van der Waals surface area contributed by atoms with Crippen LogP contribution in [0.4, 0.5) is 0 Å². The number of carbonyl (C=O) groups is 6. The van der Waals surface area contributed by atoms with Crippen LogP contribution in [0.15, 0.2) is 0 Å². The van der Waals surface area contributed by atoms with Gasteiger partial charge in [-0.2, -0.15) is 0 Å². The SMILES string of the molecule is CCCC(C(C)=O)C(C)=O.CCCC(C(C)=O)C(C)=O.CCCC(C(C)=O)C(C)=O.[Fe+3]. The molecular formula is C24H42FeO6+3. The van der Waals surface area contributed by atoms with Crippen LogP contribution in [-0.2, 0) is 45.8 Å². The Hall–Kier alpha value is -1.46. The van der Waals surface area contributed by atoms with Gasteiger partial charge >= 0.3 is 17.1 Å². The van der Waals surface area contributed by atoms with Gasteiger partial charge in [-0.05, 0) is 60.8 Å². The standard InChI is InChI=1S/3C8H14O2.Fe/c3*1-4-5-8(6(2)9)7(3)10;/h3*8H,4-5H2,1-3H3;/q;;;+3. The number of hydrogen-bond acceptors (Lipinski definition) is 6. The van der Waals surface area contributed by atoms with Crippen LogP contribution in [0.3, 0.4) is 0 Å². The Bertz CT molecular complexity index is 460. The van der Waals surface area contributed by atoms with Crippen molar-refractivity contribution in [3.8, 4) is 0 Å². The summed E-state index contributed by atoms with van der Waals surface area (Å²) in [5, 5.41) is 0. The maximum Gasteiger partial charge on any atom is 3.00 e. The number of carbonyl (C=O) groups excluding carboxylic acids is 6. The fourth-order valence-electron chi connectivity index (χ4n) is 2.94. The summed E-state index contributed by atoms with van der Waals surface area (Å²) in [6.07, 6.45) is 4.78. The third-order valence-electron chi connectivity index (χ3n) is 4.68. The molecule has 0 fully saturated rings. The summed E-state index contributed by atoms with van der Waals surface area (Å²) < 4.78 is 0. The number of Topliss-reactive ketones (excluding diaryl/α,β-unsaturated/α-hetero) is 6. The van der Waals surface area contributed by atoms with E-state index in [2.05, 4.69) is 0 Å². The van der Waals surface area contributed by atoms with Gasteiger partial charge in [0.05, 0.1) is 17.8 Å². The molecular weight excluding hydrogens is 440 g/mol. The van der Waals surface area contributed by atoms with E-state index in [-0.39, 0.29) is 69.5 Å². The molecule has 0 spiro atoms. The molecule has 0 aliphatic carbocycles. The molecule has 0 atom stereocenters. The van der Waals surface area contributed by atoms with Gasteiger partial charge in [-0.15, -0.1) is 0 Å². The second-order valence-electron chi connectivity index (χ2n) is 7.69. The van der Waals surface area contributed by atoms with Crippen molar-refractivity contribution in [1.29, 1.82) is 0 Å². The molecule has 31 heavy (non-hydrogen) atoms. The van der Waals surface area contributed by atoms with E-state index in [9.17, 15) is 28.8 Å². The molecule has 0 aromatic heterocycles. The van der Waals surface area contributed by atoms with Crippen LogP contribution >= 0.6 is 0 Å². The van der Waals surface area contributed by atoms with Gasteiger partial charge in [0.15, 0.2) is 0 Å². The van der Waals surface area contributed by atoms with E-state index >= 15 is 0 Å². The minimum Gasteiger partial charge on any atom is -0.299 e. The van der Waals surface area contributed by atoms with Crippen LogP contribution < -0.4 is 0 Å². The first kappa shape index (κ1) is 36.9. The summed E-state index contributed by atoms with van der Waals surface area (Å²) >= 11 is 0. The van der Waals surface area contributed by atoms with Crippen LogP contribution in [0.2, 0.25) is 0 Å². The fourth-order valence-corrected chi connectivity index (χ4v) is 2.94. The molecule has 0 rings (SSSR count). The van der Waals surface area contributed by atoms with Gasteiger partial charge in [0.2, 0.25) is 0 Å². The first-order valence-corrected chi connectivity index (χ1v) is 10.8. The average Bonchev–Trinajstić information content (AvgIpc) is 2.61. The van der Waals surface area contributed by atoms with Crippen molar-refractivity contribution in [3.63, 3.8) is 0 Å². The molecule has 0 aliphatic heterocycles. The fraction of sp³-hybridized carbons (Fsp3) is 0.750. The Balaban J connectivity index is -0.000000174. The summed E-state index contributed by atoms with van der Waals surface area (Å²) in [5.41, 5.74) is 0. The van der Waals surface area contributed by atoms with Crippen molar-refractivity contribution in [2.24, 2.45) is 17.8 Å². The molecule has 1 radical (unpaired) electrons. The van der Waals surface area contributed by atoms with Crippen LogP contribution in [0, 0.1) is 17.8 Å². The molecule has 0 aliphatic rings. The van der Waals surface area contributed by atoms with Crippen LogP contribution in [0.1, 0.15) is 101 Å². The first-order valence-electron chi connectivity index (χ1n) is 10.8. The van der Waals surface area contributed by atoms with Gasteiger partial charge in [0.25, 0.3) is 0 Å². The summed E-state index contributed by atoms with van der Waals surface area (Å²) in [6, 6.07) is 0. The average molecular weight is 482 g/mol. The Morgan fingerprint density at radius 1 is 0.419 bits per heavy atom. The molecule has 0 aromatic carbocycles. The topological polar surface area (TPSA) is 102 Å². The molecule has 0 amide bonds. The summed E-state index contributed by atoms with van der Waals surface area (Å²) in [5.74, 6) is -1.06. The van der Waals surface area contributed by atoms with Gasteiger partial charge in [-0.25, -0.2) is 0 Å². The minimum absolute atomic E-state index is 0. The molecule has 6 nitrogen and oxygen atoms in total. The van der Waals surface area contributed by atoms with Crippen molar-refractivity contribution in [3.05, 3.63) is 0 Å². The van der Waals surface area contributed by atoms with E-state index < -0.39 is 0 Å². The first-order chi connectivity index (χ1) is 13.8. The molecule has 0 aromatic rings. The van der Waals surface area contributed by atoms with E-state index in [1.165, 1.54) is 41.5 Å². The van der Waals surface area contributed by atoms with Gasteiger partial charge < -0.3 is 0 Å². The predicted octanol–water partition coefficient (Wildman–Crippen LogP) is 4.74. The number of rotatable bonds is 12. The third-order valence-corrected chi connectivity index (χ3v) is 4.68. The maximum atomic E-state index is 10.8. The monoisotopic (exact) mass is 482 g/mol. The van der Waals surface area contributed by atoms with Gasteiger partial charge in [0, 0.05) is 0 Å². The van der Waals surface area contributed by atoms with Crippen molar-refractivity contribution in [2.75, 3.05) is 0 Å². The number of ketones is 6. The summed E-state index contributed by atoms with van der Waals surface area (Å²) in [4.78, 5) is 64.5. The van der Waals surface area contributed by atoms with Gasteiger partial charge in [-0.1, -0.05) is 40.0 Å². The van der Waals surface area contributed by atoms with Crippen molar-refractivity contribution >= 4 is 34.7 Å². The Morgan fingerprint density at radius 3 is 0.581 bits per heavy atom. The van der Waals surface area contributed by atoms with Crippen LogP contribution in [-0.4, -0.2) is 34.7 Å². The zero-order chi connectivity index (χ0) is 24.4. The maximum absolute atomic E-state index is 10.8. The third kappa shape index (κ3) is 20.2. The Morgan fingerprint density at radius 2 is 0.548 bits per heavy atom. The van der Waals surface area contributed by atoms with Crippen molar-refractivity contribution in [2.45, 2.75) is 101 Å². The quantitative estimate of drug-likeness (QED) is 0.294. The Labute approximate surface area is 199 Å². The van der Waals surface area contributed by atoms with Crippen LogP contribution in [0.5, 0.6) is 0 Å². The van der Waals surface area contributed by atoms with Gasteiger partial charge in [0.1, 0.15) is 34.7 Å². The van der Waals surface area contributed by atoms with Crippen molar-refractivity contribution in [1.82, 2.24) is 0 Å². The second-order valence-corrected chi connectivity index (χ2v) is 7.69. The molecule has 179 valence electrons. The molecule has 7 heteroatoms. The summed E-state index contributed by atoms with van der Waals surface area (Å²) in [7, 11) is 0. The van der Waals surface area contributed by atoms with E-state index in [4.69, 9.17) is 0 Å². The molecule has 0 N–H and O–H groups in total. The molecule has 0 saturated carbocycles. The second kappa shape index (κ2) is 21.8. The molecule has 0 unspecified atom stereocenters. The van der Waals surface area contributed by atoms with E-state index in [0.717, 1.165) is 19.3 Å². The Kier molecular flexibility index (Phi) is 25.9. The normalized spacial score (nSPS) is 9.68. The zero-order valence-electron chi connectivity index (χ0n) is 20.8. The van der Waals surface area contributed by atoms with Crippen LogP contribution in [0.25, 0.3) is 0 Å². The largest absolute Gasteiger partial charge is 3.00 e. The van der Waals surface area contributed by atoms with E-state index in [1.54, 1.807) is 0 Å². The van der Waals surface area contributed by atoms with E-state index in [0.29, 0.717) is 19.3 Å². The van der Waals surface area contributed by atoms with Gasteiger partial charge in [-0.3, -0.25) is 28.8 Å². The number of hydrogen-bond donors (Lipinski definition) is 0. The molecule has 0 bridgehead atoms. The molecule has 0 saturated heterocycles. The predicted molar refractivity (Wildman–Crippen MR) is 119 cm³/mol. The van der Waals surface area contributed by atoms with Crippen molar-refractivity contribution < 1.29 is 45.8 Å².